The Balaban J connectivity index is 0.000000408. The monoisotopic (exact) mass is 704 g/mol. The molecule has 4 aromatic heterocycles. The molecule has 0 fully saturated rings. The summed E-state index contributed by atoms with van der Waals surface area (Å²) < 4.78 is 62.6. The van der Waals surface area contributed by atoms with Gasteiger partial charge < -0.3 is 0 Å². The van der Waals surface area contributed by atoms with E-state index in [1.165, 1.54) is 71.2 Å². The van der Waals surface area contributed by atoms with Crippen LogP contribution in [0.25, 0.3) is 55.3 Å². The zero-order valence-corrected chi connectivity index (χ0v) is 28.1. The van der Waals surface area contributed by atoms with Crippen molar-refractivity contribution < 1.29 is 35.3 Å². The molecule has 2 aliphatic heterocycles. The molecule has 0 aliphatic carbocycles. The van der Waals surface area contributed by atoms with E-state index >= 15 is 0 Å². The first-order valence-corrected chi connectivity index (χ1v) is 18.7. The summed E-state index contributed by atoms with van der Waals surface area (Å²) in [6, 6.07) is 31.7. The number of halogens is 3. The smallest absolute Gasteiger partial charge is 0.279 e. The summed E-state index contributed by atoms with van der Waals surface area (Å²) in [5.41, 5.74) is 5.63. The minimum absolute atomic E-state index is 1.03. The van der Waals surface area contributed by atoms with Gasteiger partial charge in [-0.05, 0) is 77.9 Å². The molecule has 6 aromatic rings. The molecule has 0 saturated heterocycles. The molecule has 0 saturated carbocycles. The van der Waals surface area contributed by atoms with Gasteiger partial charge in [0.05, 0.1) is 11.1 Å². The maximum Gasteiger partial charge on any atom is 0.522 e. The van der Waals surface area contributed by atoms with E-state index < -0.39 is 15.6 Å². The largest absolute Gasteiger partial charge is 0.522 e. The Hall–Kier alpha value is -4.16. The van der Waals surface area contributed by atoms with Gasteiger partial charge >= 0.3 is 15.6 Å². The van der Waals surface area contributed by atoms with Crippen LogP contribution in [0.3, 0.4) is 0 Å². The summed E-state index contributed by atoms with van der Waals surface area (Å²) in [5.74, 6) is 0. The van der Waals surface area contributed by atoms with E-state index in [9.17, 15) is 13.2 Å². The number of pyridine rings is 2. The number of thiophene rings is 2. The Morgan fingerprint density at radius 3 is 2.27 bits per heavy atom. The van der Waals surface area contributed by atoms with Crippen LogP contribution in [0.2, 0.25) is 0 Å². The van der Waals surface area contributed by atoms with Crippen molar-refractivity contribution in [2.75, 3.05) is 0 Å². The second kappa shape index (κ2) is 13.0. The SMILES string of the molecule is C(=C\c1cc2ccccc2[n+]2c1-c1c(ccc3c1-c1cccc[n+]1CCC3)CCC2)/c1ccc(-c2cccs2)s1.O=S(=O)(O)C(F)(F)F. The number of rotatable bonds is 3. The highest BCUT2D eigenvalue weighted by Crippen LogP contribution is 2.41. The van der Waals surface area contributed by atoms with Crippen molar-refractivity contribution in [2.45, 2.75) is 44.3 Å². The highest BCUT2D eigenvalue weighted by molar-refractivity contribution is 7.86. The third-order valence-electron chi connectivity index (χ3n) is 8.68. The van der Waals surface area contributed by atoms with E-state index in [0.29, 0.717) is 0 Å². The number of hydrogen-bond donors (Lipinski definition) is 1. The van der Waals surface area contributed by atoms with Gasteiger partial charge in [-0.2, -0.15) is 30.7 Å². The van der Waals surface area contributed by atoms with Gasteiger partial charge in [-0.15, -0.1) is 22.7 Å². The standard InChI is InChI=1S/C36H30N2S2.CHF3O3S/c1-2-11-30-27(8-1)24-28(16-17-29-18-19-33(40-29)32-13-7-23-39-32)36-35-26(10-6-22-38(30)36)15-14-25-9-5-21-37-20-4-3-12-31(37)34(25)35;2-1(3,4)8(5,6)7/h1-4,7-8,11-20,23-24H,5-6,9-10,21-22H2;(H,5,6,7)/q+2;/b17-16+;. The van der Waals surface area contributed by atoms with E-state index in [2.05, 4.69) is 118 Å². The molecule has 0 amide bonds. The normalized spacial score (nSPS) is 14.2. The molecule has 0 bridgehead atoms. The van der Waals surface area contributed by atoms with Crippen molar-refractivity contribution in [3.8, 4) is 32.3 Å². The van der Waals surface area contributed by atoms with E-state index in [-0.39, 0.29) is 0 Å². The molecule has 0 radical (unpaired) electrons. The molecule has 244 valence electrons. The molecule has 6 heterocycles. The molecular formula is C37H31F3N2O3S3+2. The Morgan fingerprint density at radius 2 is 1.52 bits per heavy atom. The number of nitrogens with zero attached hydrogens (tertiary/aromatic N) is 2. The van der Waals surface area contributed by atoms with Gasteiger partial charge in [-0.25, -0.2) is 0 Å². The lowest BCUT2D eigenvalue weighted by Crippen LogP contribution is -2.38. The molecule has 2 aliphatic rings. The van der Waals surface area contributed by atoms with Crippen LogP contribution in [0, 0.1) is 0 Å². The van der Waals surface area contributed by atoms with Crippen molar-refractivity contribution in [3.05, 3.63) is 118 Å². The number of hydrogen-bond acceptors (Lipinski definition) is 4. The molecule has 0 atom stereocenters. The highest BCUT2D eigenvalue weighted by Gasteiger charge is 2.44. The van der Waals surface area contributed by atoms with Crippen LogP contribution in [0.1, 0.15) is 34.4 Å². The highest BCUT2D eigenvalue weighted by atomic mass is 32.2. The quantitative estimate of drug-likeness (QED) is 0.114. The van der Waals surface area contributed by atoms with Gasteiger partial charge in [-0.3, -0.25) is 4.55 Å². The lowest BCUT2D eigenvalue weighted by atomic mass is 9.87. The maximum atomic E-state index is 10.7. The second-order valence-corrected chi connectivity index (χ2v) is 15.2. The summed E-state index contributed by atoms with van der Waals surface area (Å²) in [6.45, 7) is 2.09. The Bertz CT molecular complexity index is 2270. The van der Waals surface area contributed by atoms with Crippen molar-refractivity contribution >= 4 is 55.8 Å². The number of para-hydroxylation sites is 1. The number of aromatic nitrogens is 2. The van der Waals surface area contributed by atoms with Crippen LogP contribution in [0.5, 0.6) is 0 Å². The van der Waals surface area contributed by atoms with Crippen LogP contribution in [-0.4, -0.2) is 18.5 Å². The minimum atomic E-state index is -5.84. The summed E-state index contributed by atoms with van der Waals surface area (Å²) in [7, 11) is -5.84. The van der Waals surface area contributed by atoms with Crippen molar-refractivity contribution in [3.63, 3.8) is 0 Å². The molecule has 11 heteroatoms. The number of alkyl halides is 3. The predicted octanol–water partition coefficient (Wildman–Crippen LogP) is 9.00. The Kier molecular flexibility index (Phi) is 8.80. The van der Waals surface area contributed by atoms with Gasteiger partial charge in [0.2, 0.25) is 16.9 Å². The average Bonchev–Trinajstić information content (AvgIpc) is 3.68. The molecule has 2 aromatic carbocycles. The first kappa shape index (κ1) is 32.4. The molecule has 1 N–H and O–H groups in total. The molecule has 0 spiro atoms. The number of fused-ring (bicyclic) bond motifs is 9. The fraction of sp³-hybridized carbons (Fsp3) is 0.189. The summed E-state index contributed by atoms with van der Waals surface area (Å²) >= 11 is 3.68. The number of aryl methyl sites for hydroxylation is 4. The van der Waals surface area contributed by atoms with Crippen LogP contribution >= 0.6 is 22.7 Å². The predicted molar refractivity (Wildman–Crippen MR) is 186 cm³/mol. The van der Waals surface area contributed by atoms with E-state index in [0.717, 1.165) is 32.4 Å². The van der Waals surface area contributed by atoms with Gasteiger partial charge in [0.25, 0.3) is 0 Å². The third-order valence-corrected chi connectivity index (χ3v) is 11.4. The summed E-state index contributed by atoms with van der Waals surface area (Å²) in [4.78, 5) is 3.97. The molecule has 48 heavy (non-hydrogen) atoms. The molecule has 5 nitrogen and oxygen atoms in total. The van der Waals surface area contributed by atoms with Crippen LogP contribution in [0.15, 0.2) is 96.5 Å². The molecule has 8 rings (SSSR count). The second-order valence-electron chi connectivity index (χ2n) is 11.7. The Morgan fingerprint density at radius 1 is 0.792 bits per heavy atom. The lowest BCUT2D eigenvalue weighted by Gasteiger charge is -2.15. The topological polar surface area (TPSA) is 62.1 Å². The summed E-state index contributed by atoms with van der Waals surface area (Å²) in [5, 5.41) is 3.46. The van der Waals surface area contributed by atoms with E-state index in [4.69, 9.17) is 13.0 Å². The zero-order chi connectivity index (χ0) is 33.5. The lowest BCUT2D eigenvalue weighted by molar-refractivity contribution is -0.686. The fourth-order valence-electron chi connectivity index (χ4n) is 6.61. The summed E-state index contributed by atoms with van der Waals surface area (Å²) in [6.07, 6.45) is 11.5. The first-order valence-electron chi connectivity index (χ1n) is 15.5. The zero-order valence-electron chi connectivity index (χ0n) is 25.7. The third kappa shape index (κ3) is 6.35. The van der Waals surface area contributed by atoms with Gasteiger partial charge in [-0.1, -0.05) is 30.3 Å². The van der Waals surface area contributed by atoms with Gasteiger partial charge in [0.1, 0.15) is 13.1 Å². The van der Waals surface area contributed by atoms with Crippen molar-refractivity contribution in [1.29, 1.82) is 0 Å². The molecule has 0 unspecified atom stereocenters. The van der Waals surface area contributed by atoms with Crippen LogP contribution < -0.4 is 9.13 Å². The fourth-order valence-corrected chi connectivity index (χ4v) is 8.35. The van der Waals surface area contributed by atoms with Crippen molar-refractivity contribution in [2.24, 2.45) is 0 Å². The van der Waals surface area contributed by atoms with Crippen molar-refractivity contribution in [1.82, 2.24) is 0 Å². The van der Waals surface area contributed by atoms with Crippen LogP contribution in [-0.2, 0) is 36.0 Å². The van der Waals surface area contributed by atoms with Gasteiger partial charge in [0, 0.05) is 56.6 Å². The van der Waals surface area contributed by atoms with Gasteiger partial charge in [0.15, 0.2) is 6.20 Å². The first-order chi connectivity index (χ1) is 23.1. The number of benzene rings is 2. The average molecular weight is 705 g/mol. The Labute approximate surface area is 284 Å². The van der Waals surface area contributed by atoms with Crippen LogP contribution in [0.4, 0.5) is 13.2 Å². The molecular weight excluding hydrogens is 674 g/mol. The maximum absolute atomic E-state index is 10.7. The van der Waals surface area contributed by atoms with E-state index in [1.54, 1.807) is 0 Å². The van der Waals surface area contributed by atoms with E-state index in [1.807, 2.05) is 22.7 Å². The minimum Gasteiger partial charge on any atom is -0.279 e.